The zero-order chi connectivity index (χ0) is 13.9. The van der Waals surface area contributed by atoms with Crippen LogP contribution in [0.2, 0.25) is 5.02 Å². The Hall–Kier alpha value is -1.10. The summed E-state index contributed by atoms with van der Waals surface area (Å²) in [4.78, 5) is 4.41. The van der Waals surface area contributed by atoms with E-state index in [9.17, 15) is 0 Å². The highest BCUT2D eigenvalue weighted by atomic mass is 35.5. The van der Waals surface area contributed by atoms with Gasteiger partial charge in [0.05, 0.1) is 0 Å². The average Bonchev–Trinajstić information content (AvgIpc) is 3.17. The molecule has 1 heterocycles. The van der Waals surface area contributed by atoms with Gasteiger partial charge in [0.1, 0.15) is 17.4 Å². The van der Waals surface area contributed by atoms with Crippen molar-refractivity contribution in [3.8, 4) is 5.75 Å². The number of ether oxygens (including phenoxy) is 1. The van der Waals surface area contributed by atoms with Crippen LogP contribution in [0.1, 0.15) is 29.1 Å². The molecule has 106 valence electrons. The van der Waals surface area contributed by atoms with Gasteiger partial charge in [-0.1, -0.05) is 17.7 Å². The number of thiazole rings is 1. The Bertz CT molecular complexity index is 595. The highest BCUT2D eigenvalue weighted by Crippen LogP contribution is 2.29. The molecule has 2 aromatic rings. The van der Waals surface area contributed by atoms with E-state index < -0.39 is 0 Å². The van der Waals surface area contributed by atoms with Gasteiger partial charge in [-0.3, -0.25) is 0 Å². The molecule has 0 unspecified atom stereocenters. The lowest BCUT2D eigenvalue weighted by Gasteiger charge is -2.12. The summed E-state index contributed by atoms with van der Waals surface area (Å²) in [6.45, 7) is 3.25. The summed E-state index contributed by atoms with van der Waals surface area (Å²) in [6.07, 6.45) is 2.53. The Labute approximate surface area is 127 Å². The molecule has 1 N–H and O–H groups in total. The third-order valence-electron chi connectivity index (χ3n) is 3.24. The van der Waals surface area contributed by atoms with E-state index in [-0.39, 0.29) is 0 Å². The molecule has 20 heavy (non-hydrogen) atoms. The van der Waals surface area contributed by atoms with Crippen molar-refractivity contribution in [2.45, 2.75) is 39.0 Å². The van der Waals surface area contributed by atoms with Crippen LogP contribution in [0, 0.1) is 6.92 Å². The van der Waals surface area contributed by atoms with Crippen molar-refractivity contribution in [2.75, 3.05) is 0 Å². The molecular weight excluding hydrogens is 292 g/mol. The number of aromatic nitrogens is 1. The van der Waals surface area contributed by atoms with Gasteiger partial charge in [-0.2, -0.15) is 0 Å². The fourth-order valence-electron chi connectivity index (χ4n) is 1.99. The van der Waals surface area contributed by atoms with Crippen LogP contribution in [0.25, 0.3) is 0 Å². The summed E-state index contributed by atoms with van der Waals surface area (Å²) in [5, 5.41) is 7.26. The first-order valence-corrected chi connectivity index (χ1v) is 8.02. The molecular formula is C15H17ClN2OS. The van der Waals surface area contributed by atoms with E-state index in [1.807, 2.05) is 30.5 Å². The Morgan fingerprint density at radius 2 is 2.30 bits per heavy atom. The molecule has 1 fully saturated rings. The van der Waals surface area contributed by atoms with Gasteiger partial charge in [0.2, 0.25) is 0 Å². The van der Waals surface area contributed by atoms with Gasteiger partial charge in [-0.05, 0) is 31.9 Å². The van der Waals surface area contributed by atoms with Crippen LogP contribution in [-0.4, -0.2) is 11.0 Å². The minimum atomic E-state index is 0.495. The molecule has 1 aromatic carbocycles. The van der Waals surface area contributed by atoms with Crippen molar-refractivity contribution in [2.24, 2.45) is 0 Å². The van der Waals surface area contributed by atoms with Crippen LogP contribution >= 0.6 is 22.9 Å². The molecule has 0 atom stereocenters. The molecule has 0 spiro atoms. The number of nitrogens with zero attached hydrogens (tertiary/aromatic N) is 1. The third-order valence-corrected chi connectivity index (χ3v) is 4.53. The first kappa shape index (κ1) is 13.9. The number of hydrogen-bond donors (Lipinski definition) is 1. The van der Waals surface area contributed by atoms with Crippen molar-refractivity contribution in [3.05, 3.63) is 44.9 Å². The van der Waals surface area contributed by atoms with Crippen molar-refractivity contribution < 1.29 is 4.74 Å². The predicted molar refractivity (Wildman–Crippen MR) is 82.5 cm³/mol. The Kier molecular flexibility index (Phi) is 4.24. The highest BCUT2D eigenvalue weighted by Gasteiger charge is 2.21. The number of hydrogen-bond acceptors (Lipinski definition) is 4. The van der Waals surface area contributed by atoms with Gasteiger partial charge in [0, 0.05) is 34.2 Å². The van der Waals surface area contributed by atoms with Gasteiger partial charge in [0.15, 0.2) is 0 Å². The second-order valence-corrected chi connectivity index (χ2v) is 6.39. The average molecular weight is 309 g/mol. The monoisotopic (exact) mass is 308 g/mol. The fourth-order valence-corrected chi connectivity index (χ4v) is 2.90. The SMILES string of the molecule is Cc1csc(COc2cccc(Cl)c2CNC2CC2)n1. The second kappa shape index (κ2) is 6.12. The van der Waals surface area contributed by atoms with E-state index >= 15 is 0 Å². The Morgan fingerprint density at radius 1 is 1.45 bits per heavy atom. The first-order valence-electron chi connectivity index (χ1n) is 6.77. The van der Waals surface area contributed by atoms with E-state index in [0.717, 1.165) is 33.6 Å². The van der Waals surface area contributed by atoms with E-state index in [4.69, 9.17) is 16.3 Å². The molecule has 0 radical (unpaired) electrons. The number of nitrogens with one attached hydrogen (secondary N) is 1. The highest BCUT2D eigenvalue weighted by molar-refractivity contribution is 7.09. The van der Waals surface area contributed by atoms with Gasteiger partial charge in [0.25, 0.3) is 0 Å². The maximum atomic E-state index is 6.29. The number of rotatable bonds is 6. The lowest BCUT2D eigenvalue weighted by atomic mass is 10.2. The summed E-state index contributed by atoms with van der Waals surface area (Å²) < 4.78 is 5.89. The van der Waals surface area contributed by atoms with Crippen molar-refractivity contribution >= 4 is 22.9 Å². The fraction of sp³-hybridized carbons (Fsp3) is 0.400. The normalized spacial score (nSPS) is 14.5. The van der Waals surface area contributed by atoms with Crippen LogP contribution in [0.3, 0.4) is 0 Å². The summed E-state index contributed by atoms with van der Waals surface area (Å²) in [5.74, 6) is 0.846. The number of halogens is 1. The molecule has 1 aliphatic carbocycles. The van der Waals surface area contributed by atoms with Gasteiger partial charge < -0.3 is 10.1 Å². The molecule has 3 rings (SSSR count). The van der Waals surface area contributed by atoms with Crippen LogP contribution in [0.5, 0.6) is 5.75 Å². The number of aryl methyl sites for hydroxylation is 1. The summed E-state index contributed by atoms with van der Waals surface area (Å²) in [7, 11) is 0. The quantitative estimate of drug-likeness (QED) is 0.878. The van der Waals surface area contributed by atoms with E-state index in [1.165, 1.54) is 12.8 Å². The van der Waals surface area contributed by atoms with Gasteiger partial charge >= 0.3 is 0 Å². The predicted octanol–water partition coefficient (Wildman–Crippen LogP) is 3.94. The molecule has 1 aromatic heterocycles. The lowest BCUT2D eigenvalue weighted by molar-refractivity contribution is 0.301. The lowest BCUT2D eigenvalue weighted by Crippen LogP contribution is -2.16. The Morgan fingerprint density at radius 3 is 3.00 bits per heavy atom. The largest absolute Gasteiger partial charge is 0.486 e. The maximum absolute atomic E-state index is 6.29. The van der Waals surface area contributed by atoms with E-state index in [2.05, 4.69) is 10.3 Å². The summed E-state index contributed by atoms with van der Waals surface area (Å²) >= 11 is 7.91. The van der Waals surface area contributed by atoms with Crippen molar-refractivity contribution in [1.29, 1.82) is 0 Å². The summed E-state index contributed by atoms with van der Waals surface area (Å²) in [5.41, 5.74) is 2.07. The zero-order valence-electron chi connectivity index (χ0n) is 11.4. The first-order chi connectivity index (χ1) is 9.72. The van der Waals surface area contributed by atoms with Crippen molar-refractivity contribution in [1.82, 2.24) is 10.3 Å². The summed E-state index contributed by atoms with van der Waals surface area (Å²) in [6, 6.07) is 6.45. The molecule has 0 bridgehead atoms. The van der Waals surface area contributed by atoms with Gasteiger partial charge in [-0.15, -0.1) is 11.3 Å². The molecule has 5 heteroatoms. The molecule has 0 amide bonds. The molecule has 3 nitrogen and oxygen atoms in total. The zero-order valence-corrected chi connectivity index (χ0v) is 12.9. The smallest absolute Gasteiger partial charge is 0.140 e. The third kappa shape index (κ3) is 3.51. The minimum absolute atomic E-state index is 0.495. The van der Waals surface area contributed by atoms with E-state index in [0.29, 0.717) is 12.6 Å². The van der Waals surface area contributed by atoms with Crippen molar-refractivity contribution in [3.63, 3.8) is 0 Å². The second-order valence-electron chi connectivity index (χ2n) is 5.04. The van der Waals surface area contributed by atoms with Crippen LogP contribution in [0.4, 0.5) is 0 Å². The van der Waals surface area contributed by atoms with E-state index in [1.54, 1.807) is 11.3 Å². The Balaban J connectivity index is 1.68. The maximum Gasteiger partial charge on any atom is 0.140 e. The standard InChI is InChI=1S/C15H17ClN2OS/c1-10-9-20-15(18-10)8-19-14-4-2-3-13(16)12(14)7-17-11-5-6-11/h2-4,9,11,17H,5-8H2,1H3. The number of benzene rings is 1. The minimum Gasteiger partial charge on any atom is -0.486 e. The van der Waals surface area contributed by atoms with Crippen LogP contribution < -0.4 is 10.1 Å². The molecule has 1 aliphatic rings. The van der Waals surface area contributed by atoms with Crippen LogP contribution in [-0.2, 0) is 13.2 Å². The molecule has 1 saturated carbocycles. The molecule has 0 aliphatic heterocycles. The molecule has 0 saturated heterocycles. The van der Waals surface area contributed by atoms with Gasteiger partial charge in [-0.25, -0.2) is 4.98 Å². The topological polar surface area (TPSA) is 34.1 Å². The van der Waals surface area contributed by atoms with Crippen LogP contribution in [0.15, 0.2) is 23.6 Å².